The number of carbonyl (C=O) groups excluding carboxylic acids is 1. The predicted molar refractivity (Wildman–Crippen MR) is 82.1 cm³/mol. The fourth-order valence-electron chi connectivity index (χ4n) is 2.19. The summed E-state index contributed by atoms with van der Waals surface area (Å²) in [7, 11) is 0. The van der Waals surface area contributed by atoms with Crippen molar-refractivity contribution in [3.63, 3.8) is 0 Å². The Morgan fingerprint density at radius 1 is 1.18 bits per heavy atom. The standard InChI is InChI=1S/C16H12F2N2OS/c17-10-5-6-15-12(9-10)14(7-8-22-15)19-20-16(21)11-3-1-2-4-13(11)18/h1-6,9H,7-8H2,(H,20,21)/b19-14-. The SMILES string of the molecule is O=C(N/N=C1/CCSc2ccc(F)cc21)c1ccccc1F. The molecule has 1 aliphatic heterocycles. The molecule has 1 amide bonds. The van der Waals surface area contributed by atoms with Gasteiger partial charge in [-0.15, -0.1) is 11.8 Å². The van der Waals surface area contributed by atoms with Crippen LogP contribution in [0.5, 0.6) is 0 Å². The number of hydrogen-bond donors (Lipinski definition) is 1. The van der Waals surface area contributed by atoms with Crippen molar-refractivity contribution in [2.75, 3.05) is 5.75 Å². The van der Waals surface area contributed by atoms with Gasteiger partial charge in [0.25, 0.3) is 5.91 Å². The van der Waals surface area contributed by atoms with E-state index in [1.807, 2.05) is 0 Å². The summed E-state index contributed by atoms with van der Waals surface area (Å²) in [6.07, 6.45) is 0.610. The molecule has 1 N–H and O–H groups in total. The highest BCUT2D eigenvalue weighted by Gasteiger charge is 2.18. The van der Waals surface area contributed by atoms with Crippen LogP contribution in [0.4, 0.5) is 8.78 Å². The molecule has 1 heterocycles. The number of benzene rings is 2. The van der Waals surface area contributed by atoms with Crippen LogP contribution >= 0.6 is 11.8 Å². The highest BCUT2D eigenvalue weighted by Crippen LogP contribution is 2.30. The molecule has 22 heavy (non-hydrogen) atoms. The molecule has 0 saturated carbocycles. The van der Waals surface area contributed by atoms with Crippen molar-refractivity contribution in [2.24, 2.45) is 5.10 Å². The average Bonchev–Trinajstić information content (AvgIpc) is 2.53. The Balaban J connectivity index is 1.84. The third kappa shape index (κ3) is 3.01. The molecule has 1 aliphatic rings. The molecule has 3 nitrogen and oxygen atoms in total. The summed E-state index contributed by atoms with van der Waals surface area (Å²) >= 11 is 1.61. The highest BCUT2D eigenvalue weighted by atomic mass is 32.2. The Labute approximate surface area is 130 Å². The summed E-state index contributed by atoms with van der Waals surface area (Å²) in [6.45, 7) is 0. The van der Waals surface area contributed by atoms with Crippen molar-refractivity contribution in [3.05, 3.63) is 65.2 Å². The van der Waals surface area contributed by atoms with Gasteiger partial charge in [0, 0.05) is 22.6 Å². The van der Waals surface area contributed by atoms with Gasteiger partial charge in [-0.1, -0.05) is 12.1 Å². The van der Waals surface area contributed by atoms with Crippen molar-refractivity contribution in [2.45, 2.75) is 11.3 Å². The van der Waals surface area contributed by atoms with E-state index in [9.17, 15) is 13.6 Å². The molecule has 2 aromatic rings. The van der Waals surface area contributed by atoms with Crippen molar-refractivity contribution in [3.8, 4) is 0 Å². The van der Waals surface area contributed by atoms with Crippen LogP contribution in [0.25, 0.3) is 0 Å². The first kappa shape index (κ1) is 14.7. The predicted octanol–water partition coefficient (Wildman–Crippen LogP) is 3.59. The lowest BCUT2D eigenvalue weighted by molar-refractivity contribution is 0.0951. The van der Waals surface area contributed by atoms with Gasteiger partial charge in [-0.05, 0) is 30.3 Å². The van der Waals surface area contributed by atoms with E-state index < -0.39 is 11.7 Å². The molecular formula is C16H12F2N2OS. The summed E-state index contributed by atoms with van der Waals surface area (Å²) in [6, 6.07) is 10.2. The molecule has 2 aromatic carbocycles. The number of nitrogens with one attached hydrogen (secondary N) is 1. The van der Waals surface area contributed by atoms with E-state index in [2.05, 4.69) is 10.5 Å². The van der Waals surface area contributed by atoms with Crippen LogP contribution in [-0.2, 0) is 0 Å². The lowest BCUT2D eigenvalue weighted by atomic mass is 10.1. The van der Waals surface area contributed by atoms with Gasteiger partial charge in [0.15, 0.2) is 0 Å². The Morgan fingerprint density at radius 3 is 2.82 bits per heavy atom. The Kier molecular flexibility index (Phi) is 4.20. The fourth-order valence-corrected chi connectivity index (χ4v) is 3.20. The first-order valence-corrected chi connectivity index (χ1v) is 7.68. The lowest BCUT2D eigenvalue weighted by Gasteiger charge is -2.17. The maximum absolute atomic E-state index is 13.5. The van der Waals surface area contributed by atoms with Gasteiger partial charge < -0.3 is 0 Å². The van der Waals surface area contributed by atoms with Gasteiger partial charge >= 0.3 is 0 Å². The first-order chi connectivity index (χ1) is 10.6. The van der Waals surface area contributed by atoms with E-state index >= 15 is 0 Å². The van der Waals surface area contributed by atoms with Crippen LogP contribution in [-0.4, -0.2) is 17.4 Å². The number of carbonyl (C=O) groups is 1. The van der Waals surface area contributed by atoms with E-state index in [0.717, 1.165) is 10.6 Å². The second-order valence-corrected chi connectivity index (χ2v) is 5.85. The molecule has 112 valence electrons. The number of hydrogen-bond acceptors (Lipinski definition) is 3. The number of thioether (sulfide) groups is 1. The van der Waals surface area contributed by atoms with E-state index in [-0.39, 0.29) is 11.4 Å². The maximum atomic E-state index is 13.5. The van der Waals surface area contributed by atoms with E-state index in [4.69, 9.17) is 0 Å². The fraction of sp³-hybridized carbons (Fsp3) is 0.125. The number of halogens is 2. The molecule has 0 saturated heterocycles. The average molecular weight is 318 g/mol. The van der Waals surface area contributed by atoms with Crippen LogP contribution in [0.2, 0.25) is 0 Å². The van der Waals surface area contributed by atoms with Crippen LogP contribution in [0.15, 0.2) is 52.5 Å². The third-order valence-corrected chi connectivity index (χ3v) is 4.34. The molecule has 3 rings (SSSR count). The minimum atomic E-state index is -0.623. The lowest BCUT2D eigenvalue weighted by Crippen LogP contribution is -2.22. The van der Waals surface area contributed by atoms with Gasteiger partial charge in [-0.2, -0.15) is 5.10 Å². The normalized spacial score (nSPS) is 15.5. The van der Waals surface area contributed by atoms with Crippen molar-refractivity contribution in [1.82, 2.24) is 5.43 Å². The molecule has 0 spiro atoms. The number of amides is 1. The number of fused-ring (bicyclic) bond motifs is 1. The van der Waals surface area contributed by atoms with E-state index in [0.29, 0.717) is 17.7 Å². The smallest absolute Gasteiger partial charge is 0.267 e. The van der Waals surface area contributed by atoms with Crippen molar-refractivity contribution >= 4 is 23.4 Å². The van der Waals surface area contributed by atoms with Gasteiger partial charge in [0.05, 0.1) is 11.3 Å². The third-order valence-electron chi connectivity index (χ3n) is 3.26. The minimum Gasteiger partial charge on any atom is -0.267 e. The van der Waals surface area contributed by atoms with Gasteiger partial charge in [0.2, 0.25) is 0 Å². The van der Waals surface area contributed by atoms with Crippen LogP contribution < -0.4 is 5.43 Å². The van der Waals surface area contributed by atoms with Crippen LogP contribution in [0.1, 0.15) is 22.3 Å². The molecule has 0 atom stereocenters. The molecule has 0 radical (unpaired) electrons. The quantitative estimate of drug-likeness (QED) is 0.860. The topological polar surface area (TPSA) is 41.5 Å². The summed E-state index contributed by atoms with van der Waals surface area (Å²) in [5, 5.41) is 4.05. The summed E-state index contributed by atoms with van der Waals surface area (Å²) in [5.74, 6) is -0.783. The summed E-state index contributed by atoms with van der Waals surface area (Å²) < 4.78 is 26.9. The van der Waals surface area contributed by atoms with Crippen LogP contribution in [0.3, 0.4) is 0 Å². The Hall–Kier alpha value is -2.21. The monoisotopic (exact) mass is 318 g/mol. The largest absolute Gasteiger partial charge is 0.274 e. The molecule has 0 aliphatic carbocycles. The van der Waals surface area contributed by atoms with Crippen molar-refractivity contribution < 1.29 is 13.6 Å². The number of nitrogens with zero attached hydrogens (tertiary/aromatic N) is 1. The highest BCUT2D eigenvalue weighted by molar-refractivity contribution is 7.99. The number of rotatable bonds is 2. The summed E-state index contributed by atoms with van der Waals surface area (Å²) in [4.78, 5) is 12.9. The first-order valence-electron chi connectivity index (χ1n) is 6.69. The molecule has 0 aromatic heterocycles. The molecular weight excluding hydrogens is 306 g/mol. The van der Waals surface area contributed by atoms with Crippen LogP contribution in [0, 0.1) is 11.6 Å². The maximum Gasteiger partial charge on any atom is 0.274 e. The molecule has 0 bridgehead atoms. The zero-order valence-corrected chi connectivity index (χ0v) is 12.3. The van der Waals surface area contributed by atoms with Crippen molar-refractivity contribution in [1.29, 1.82) is 0 Å². The molecule has 6 heteroatoms. The second kappa shape index (κ2) is 6.27. The van der Waals surface area contributed by atoms with E-state index in [1.165, 1.54) is 30.3 Å². The zero-order chi connectivity index (χ0) is 15.5. The Morgan fingerprint density at radius 2 is 2.00 bits per heavy atom. The molecule has 0 unspecified atom stereocenters. The molecule has 0 fully saturated rings. The van der Waals surface area contributed by atoms with E-state index in [1.54, 1.807) is 23.9 Å². The van der Waals surface area contributed by atoms with Gasteiger partial charge in [-0.3, -0.25) is 4.79 Å². The summed E-state index contributed by atoms with van der Waals surface area (Å²) in [5.41, 5.74) is 3.54. The Bertz CT molecular complexity index is 762. The van der Waals surface area contributed by atoms with Gasteiger partial charge in [0.1, 0.15) is 11.6 Å². The second-order valence-electron chi connectivity index (χ2n) is 4.72. The van der Waals surface area contributed by atoms with Gasteiger partial charge in [-0.25, -0.2) is 14.2 Å². The number of hydrazone groups is 1. The minimum absolute atomic E-state index is 0.0727. The zero-order valence-electron chi connectivity index (χ0n) is 11.5.